The zero-order chi connectivity index (χ0) is 11.8. The van der Waals surface area contributed by atoms with Crippen LogP contribution in [0.1, 0.15) is 24.2 Å². The minimum Gasteiger partial charge on any atom is -0.461 e. The Labute approximate surface area is 100 Å². The molecule has 3 nitrogen and oxygen atoms in total. The molecule has 1 saturated carbocycles. The van der Waals surface area contributed by atoms with Crippen molar-refractivity contribution in [2.24, 2.45) is 0 Å². The molecule has 0 amide bonds. The number of hydrogen-bond acceptors (Lipinski definition) is 3. The van der Waals surface area contributed by atoms with Crippen LogP contribution in [0.2, 0.25) is 0 Å². The Morgan fingerprint density at radius 3 is 2.88 bits per heavy atom. The van der Waals surface area contributed by atoms with E-state index in [9.17, 15) is 5.11 Å². The Morgan fingerprint density at radius 1 is 1.35 bits per heavy atom. The monoisotopic (exact) mass is 231 g/mol. The van der Waals surface area contributed by atoms with E-state index in [0.29, 0.717) is 6.04 Å². The lowest BCUT2D eigenvalue weighted by Gasteiger charge is -2.32. The fraction of sp³-hybridized carbons (Fsp3) is 0.429. The first-order chi connectivity index (χ1) is 8.24. The van der Waals surface area contributed by atoms with Gasteiger partial charge in [0.1, 0.15) is 11.3 Å². The lowest BCUT2D eigenvalue weighted by Crippen LogP contribution is -2.43. The van der Waals surface area contributed by atoms with Crippen LogP contribution in [-0.4, -0.2) is 17.3 Å². The summed E-state index contributed by atoms with van der Waals surface area (Å²) in [5, 5.41) is 13.9. The van der Waals surface area contributed by atoms with Crippen LogP contribution in [0, 0.1) is 6.92 Å². The molecule has 17 heavy (non-hydrogen) atoms. The zero-order valence-electron chi connectivity index (χ0n) is 9.94. The van der Waals surface area contributed by atoms with E-state index < -0.39 is 0 Å². The van der Waals surface area contributed by atoms with Crippen molar-refractivity contribution >= 4 is 11.0 Å². The molecule has 2 aromatic rings. The summed E-state index contributed by atoms with van der Waals surface area (Å²) in [6.07, 6.45) is 1.64. The SMILES string of the molecule is Cc1oc2ccccc2c1CNC1CC(O)C1. The topological polar surface area (TPSA) is 45.4 Å². The third-order valence-electron chi connectivity index (χ3n) is 3.58. The summed E-state index contributed by atoms with van der Waals surface area (Å²) in [6.45, 7) is 2.83. The molecule has 0 aliphatic heterocycles. The van der Waals surface area contributed by atoms with Crippen molar-refractivity contribution in [2.45, 2.75) is 38.5 Å². The van der Waals surface area contributed by atoms with E-state index in [0.717, 1.165) is 30.7 Å². The number of fused-ring (bicyclic) bond motifs is 1. The largest absolute Gasteiger partial charge is 0.461 e. The Hall–Kier alpha value is -1.32. The van der Waals surface area contributed by atoms with E-state index in [1.807, 2.05) is 25.1 Å². The molecule has 1 heterocycles. The first-order valence-electron chi connectivity index (χ1n) is 6.12. The lowest BCUT2D eigenvalue weighted by atomic mass is 9.89. The van der Waals surface area contributed by atoms with E-state index in [1.54, 1.807) is 0 Å². The quantitative estimate of drug-likeness (QED) is 0.852. The number of furan rings is 1. The molecule has 0 unspecified atom stereocenters. The highest BCUT2D eigenvalue weighted by Crippen LogP contribution is 2.26. The summed E-state index contributed by atoms with van der Waals surface area (Å²) in [4.78, 5) is 0. The van der Waals surface area contributed by atoms with Crippen LogP contribution in [0.25, 0.3) is 11.0 Å². The van der Waals surface area contributed by atoms with Gasteiger partial charge in [-0.1, -0.05) is 18.2 Å². The van der Waals surface area contributed by atoms with Crippen LogP contribution in [0.4, 0.5) is 0 Å². The second-order valence-electron chi connectivity index (χ2n) is 4.84. The molecule has 1 fully saturated rings. The van der Waals surface area contributed by atoms with Gasteiger partial charge in [0.15, 0.2) is 0 Å². The van der Waals surface area contributed by atoms with Crippen LogP contribution in [0.15, 0.2) is 28.7 Å². The molecule has 3 rings (SSSR count). The van der Waals surface area contributed by atoms with Gasteiger partial charge in [-0.15, -0.1) is 0 Å². The van der Waals surface area contributed by atoms with Crippen molar-refractivity contribution in [1.29, 1.82) is 0 Å². The van der Waals surface area contributed by atoms with Gasteiger partial charge in [-0.05, 0) is 25.8 Å². The standard InChI is InChI=1S/C14H17NO2/c1-9-13(8-15-10-6-11(16)7-10)12-4-2-3-5-14(12)17-9/h2-5,10-11,15-16H,6-8H2,1H3. The molecule has 90 valence electrons. The maximum Gasteiger partial charge on any atom is 0.134 e. The van der Waals surface area contributed by atoms with Crippen molar-refractivity contribution < 1.29 is 9.52 Å². The van der Waals surface area contributed by atoms with Gasteiger partial charge in [-0.25, -0.2) is 0 Å². The minimum absolute atomic E-state index is 0.102. The Kier molecular flexibility index (Phi) is 2.65. The van der Waals surface area contributed by atoms with Crippen LogP contribution >= 0.6 is 0 Å². The molecule has 1 aliphatic carbocycles. The lowest BCUT2D eigenvalue weighted by molar-refractivity contribution is 0.0619. The molecule has 0 saturated heterocycles. The van der Waals surface area contributed by atoms with Crippen LogP contribution < -0.4 is 5.32 Å². The number of aryl methyl sites for hydroxylation is 1. The Bertz CT molecular complexity index is 526. The average molecular weight is 231 g/mol. The third-order valence-corrected chi connectivity index (χ3v) is 3.58. The number of benzene rings is 1. The van der Waals surface area contributed by atoms with Crippen LogP contribution in [0.3, 0.4) is 0 Å². The number of aliphatic hydroxyl groups excluding tert-OH is 1. The zero-order valence-corrected chi connectivity index (χ0v) is 9.94. The van der Waals surface area contributed by atoms with Gasteiger partial charge in [0.25, 0.3) is 0 Å². The number of para-hydroxylation sites is 1. The predicted octanol–water partition coefficient (Wildman–Crippen LogP) is 2.35. The fourth-order valence-corrected chi connectivity index (χ4v) is 2.44. The molecule has 0 spiro atoms. The second-order valence-corrected chi connectivity index (χ2v) is 4.84. The molecular formula is C14H17NO2. The maximum atomic E-state index is 9.24. The Balaban J connectivity index is 1.77. The van der Waals surface area contributed by atoms with E-state index in [1.165, 1.54) is 10.9 Å². The summed E-state index contributed by atoms with van der Waals surface area (Å²) < 4.78 is 5.71. The summed E-state index contributed by atoms with van der Waals surface area (Å²) >= 11 is 0. The van der Waals surface area contributed by atoms with Gasteiger partial charge in [0.2, 0.25) is 0 Å². The highest BCUT2D eigenvalue weighted by molar-refractivity contribution is 5.82. The number of hydrogen-bond donors (Lipinski definition) is 2. The predicted molar refractivity (Wildman–Crippen MR) is 66.8 cm³/mol. The van der Waals surface area contributed by atoms with Crippen LogP contribution in [0.5, 0.6) is 0 Å². The molecular weight excluding hydrogens is 214 g/mol. The third kappa shape index (κ3) is 1.96. The Morgan fingerprint density at radius 2 is 2.12 bits per heavy atom. The van der Waals surface area contributed by atoms with Crippen molar-refractivity contribution in [3.8, 4) is 0 Å². The van der Waals surface area contributed by atoms with E-state index in [2.05, 4.69) is 11.4 Å². The summed E-state index contributed by atoms with van der Waals surface area (Å²) in [5.41, 5.74) is 2.19. The number of aliphatic hydroxyl groups is 1. The summed E-state index contributed by atoms with van der Waals surface area (Å²) in [7, 11) is 0. The van der Waals surface area contributed by atoms with E-state index in [-0.39, 0.29) is 6.10 Å². The molecule has 3 heteroatoms. The van der Waals surface area contributed by atoms with Gasteiger partial charge in [0, 0.05) is 23.5 Å². The van der Waals surface area contributed by atoms with Gasteiger partial charge >= 0.3 is 0 Å². The smallest absolute Gasteiger partial charge is 0.134 e. The average Bonchev–Trinajstić information content (AvgIpc) is 2.59. The maximum absolute atomic E-state index is 9.24. The second kappa shape index (κ2) is 4.17. The van der Waals surface area contributed by atoms with Crippen molar-refractivity contribution in [1.82, 2.24) is 5.32 Å². The molecule has 1 aromatic carbocycles. The summed E-state index contributed by atoms with van der Waals surface area (Å²) in [6, 6.07) is 8.58. The normalized spacial score (nSPS) is 23.9. The number of rotatable bonds is 3. The molecule has 2 N–H and O–H groups in total. The highest BCUT2D eigenvalue weighted by atomic mass is 16.3. The van der Waals surface area contributed by atoms with E-state index >= 15 is 0 Å². The van der Waals surface area contributed by atoms with Gasteiger partial charge < -0.3 is 14.8 Å². The van der Waals surface area contributed by atoms with Crippen molar-refractivity contribution in [3.05, 3.63) is 35.6 Å². The molecule has 0 atom stereocenters. The van der Waals surface area contributed by atoms with Gasteiger partial charge in [-0.2, -0.15) is 0 Å². The first-order valence-corrected chi connectivity index (χ1v) is 6.12. The number of nitrogens with one attached hydrogen (secondary N) is 1. The molecule has 1 aromatic heterocycles. The van der Waals surface area contributed by atoms with Gasteiger partial charge in [-0.3, -0.25) is 0 Å². The molecule has 0 bridgehead atoms. The van der Waals surface area contributed by atoms with E-state index in [4.69, 9.17) is 4.42 Å². The first kappa shape index (κ1) is 10.8. The fourth-order valence-electron chi connectivity index (χ4n) is 2.44. The van der Waals surface area contributed by atoms with Gasteiger partial charge in [0.05, 0.1) is 6.10 Å². The van der Waals surface area contributed by atoms with Crippen molar-refractivity contribution in [2.75, 3.05) is 0 Å². The van der Waals surface area contributed by atoms with Crippen LogP contribution in [-0.2, 0) is 6.54 Å². The summed E-state index contributed by atoms with van der Waals surface area (Å²) in [5.74, 6) is 0.985. The highest BCUT2D eigenvalue weighted by Gasteiger charge is 2.26. The van der Waals surface area contributed by atoms with Crippen molar-refractivity contribution in [3.63, 3.8) is 0 Å². The molecule has 1 aliphatic rings. The minimum atomic E-state index is -0.102. The molecule has 0 radical (unpaired) electrons.